The maximum absolute atomic E-state index is 13.9. The molecule has 47 heavy (non-hydrogen) atoms. The van der Waals surface area contributed by atoms with Crippen LogP contribution in [0.1, 0.15) is 44.7 Å². The number of nitrogens with one attached hydrogen (secondary N) is 1. The predicted molar refractivity (Wildman–Crippen MR) is 163 cm³/mol. The van der Waals surface area contributed by atoms with Crippen molar-refractivity contribution in [3.8, 4) is 17.2 Å². The molecule has 256 valence electrons. The van der Waals surface area contributed by atoms with Crippen molar-refractivity contribution >= 4 is 23.5 Å². The number of piperazine rings is 1. The molecule has 1 N–H and O–H groups in total. The molecule has 3 aliphatic rings. The highest BCUT2D eigenvalue weighted by atomic mass is 19.4. The topological polar surface area (TPSA) is 123 Å². The number of hydrogen-bond donors (Lipinski definition) is 1. The van der Waals surface area contributed by atoms with E-state index in [2.05, 4.69) is 31.0 Å². The third kappa shape index (κ3) is 9.91. The summed E-state index contributed by atoms with van der Waals surface area (Å²) in [6, 6.07) is 13.4. The molecule has 0 spiro atoms. The molecule has 0 aromatic heterocycles. The lowest BCUT2D eigenvalue weighted by molar-refractivity contribution is -0.467. The second kappa shape index (κ2) is 15.2. The van der Waals surface area contributed by atoms with Gasteiger partial charge in [-0.2, -0.15) is 17.7 Å². The van der Waals surface area contributed by atoms with Gasteiger partial charge in [-0.05, 0) is 35.2 Å². The van der Waals surface area contributed by atoms with Gasteiger partial charge in [-0.3, -0.25) is 9.69 Å². The molecule has 2 fully saturated rings. The number of halogens is 3. The van der Waals surface area contributed by atoms with Crippen LogP contribution in [0.5, 0.6) is 17.2 Å². The summed E-state index contributed by atoms with van der Waals surface area (Å²) in [5, 5.41) is 12.1. The largest absolute Gasteiger partial charge is 0.542 e. The van der Waals surface area contributed by atoms with Crippen LogP contribution in [0.25, 0.3) is 0 Å². The molecule has 2 saturated heterocycles. The summed E-state index contributed by atoms with van der Waals surface area (Å²) in [4.78, 5) is 40.6. The third-order valence-corrected chi connectivity index (χ3v) is 7.86. The van der Waals surface area contributed by atoms with Gasteiger partial charge in [0.1, 0.15) is 11.7 Å². The highest BCUT2D eigenvalue weighted by molar-refractivity contribution is 5.96. The molecule has 11 nitrogen and oxygen atoms in total. The number of carboxylic acids is 1. The summed E-state index contributed by atoms with van der Waals surface area (Å²) in [7, 11) is 1.65. The van der Waals surface area contributed by atoms with Crippen LogP contribution in [-0.2, 0) is 27.5 Å². The fourth-order valence-electron chi connectivity index (χ4n) is 5.62. The van der Waals surface area contributed by atoms with Gasteiger partial charge in [-0.25, -0.2) is 4.79 Å². The minimum Gasteiger partial charge on any atom is -0.542 e. The molecule has 0 bridgehead atoms. The number of fused-ring (bicyclic) bond motifs is 1. The summed E-state index contributed by atoms with van der Waals surface area (Å²) in [6.07, 6.45) is -4.26. The van der Waals surface area contributed by atoms with E-state index in [1.165, 1.54) is 0 Å². The van der Waals surface area contributed by atoms with Crippen molar-refractivity contribution in [1.82, 2.24) is 15.1 Å². The second-order valence-electron chi connectivity index (χ2n) is 12.8. The molecule has 5 rings (SSSR count). The van der Waals surface area contributed by atoms with Gasteiger partial charge in [-0.1, -0.05) is 39.0 Å². The summed E-state index contributed by atoms with van der Waals surface area (Å²) < 4.78 is 50.0. The van der Waals surface area contributed by atoms with Crippen molar-refractivity contribution in [2.24, 2.45) is 5.41 Å². The highest BCUT2D eigenvalue weighted by Gasteiger charge is 2.43. The van der Waals surface area contributed by atoms with E-state index in [1.807, 2.05) is 51.9 Å². The summed E-state index contributed by atoms with van der Waals surface area (Å²) in [6.45, 7) is 11.0. The van der Waals surface area contributed by atoms with Crippen LogP contribution >= 0.6 is 0 Å². The van der Waals surface area contributed by atoms with E-state index in [-0.39, 0.29) is 30.1 Å². The molecule has 2 aromatic carbocycles. The van der Waals surface area contributed by atoms with Gasteiger partial charge >= 0.3 is 12.1 Å². The van der Waals surface area contributed by atoms with E-state index in [0.717, 1.165) is 47.2 Å². The molecule has 3 aliphatic heterocycles. The van der Waals surface area contributed by atoms with Crippen molar-refractivity contribution in [1.29, 1.82) is 0 Å². The Morgan fingerprint density at radius 1 is 1.02 bits per heavy atom. The van der Waals surface area contributed by atoms with Gasteiger partial charge in [0.2, 0.25) is 12.7 Å². The number of rotatable bonds is 7. The zero-order valence-electron chi connectivity index (χ0n) is 27.0. The van der Waals surface area contributed by atoms with Crippen molar-refractivity contribution in [3.05, 3.63) is 53.6 Å². The number of ether oxygens (including phenoxy) is 3. The fourth-order valence-corrected chi connectivity index (χ4v) is 5.62. The number of benzene rings is 2. The molecule has 0 unspecified atom stereocenters. The Balaban J connectivity index is 0.000000644. The van der Waals surface area contributed by atoms with Gasteiger partial charge in [0, 0.05) is 38.3 Å². The molecule has 0 aliphatic carbocycles. The van der Waals surface area contributed by atoms with E-state index in [1.54, 1.807) is 7.11 Å². The Morgan fingerprint density at radius 3 is 2.34 bits per heavy atom. The Bertz CT molecular complexity index is 1480. The van der Waals surface area contributed by atoms with Crippen molar-refractivity contribution in [2.45, 2.75) is 58.9 Å². The molecule has 2 aromatic rings. The number of carboxylic acid groups (broad SMARTS) is 1. The van der Waals surface area contributed by atoms with Crippen LogP contribution in [-0.4, -0.2) is 96.7 Å². The van der Waals surface area contributed by atoms with Crippen LogP contribution in [0.4, 0.5) is 13.2 Å². The Labute approximate surface area is 271 Å². The molecule has 2 amide bonds. The first-order valence-corrected chi connectivity index (χ1v) is 15.3. The Hall–Kier alpha value is -4.17. The number of nitrogens with zero attached hydrogens (tertiary/aromatic N) is 3. The van der Waals surface area contributed by atoms with Crippen molar-refractivity contribution < 1.29 is 51.4 Å². The molecule has 14 heteroatoms. The van der Waals surface area contributed by atoms with Gasteiger partial charge < -0.3 is 34.3 Å². The lowest BCUT2D eigenvalue weighted by Gasteiger charge is -2.32. The minimum absolute atomic E-state index is 0.0728. The van der Waals surface area contributed by atoms with E-state index < -0.39 is 12.1 Å². The van der Waals surface area contributed by atoms with E-state index in [9.17, 15) is 22.8 Å². The maximum Gasteiger partial charge on any atom is 0.430 e. The van der Waals surface area contributed by atoms with Gasteiger partial charge in [-0.15, -0.1) is 0 Å². The third-order valence-electron chi connectivity index (χ3n) is 7.86. The lowest BCUT2D eigenvalue weighted by atomic mass is 9.91. The Kier molecular flexibility index (Phi) is 11.5. The normalized spacial score (nSPS) is 19.1. The second-order valence-corrected chi connectivity index (χ2v) is 12.8. The van der Waals surface area contributed by atoms with Crippen LogP contribution < -0.4 is 24.6 Å². The number of carbonyl (C=O) groups is 3. The number of carbonyl (C=O) groups excluding carboxylic acids is 3. The average Bonchev–Trinajstić information content (AvgIpc) is 3.66. The smallest absolute Gasteiger partial charge is 0.430 e. The van der Waals surface area contributed by atoms with Gasteiger partial charge in [0.25, 0.3) is 0 Å². The predicted octanol–water partition coefficient (Wildman–Crippen LogP) is 2.35. The maximum atomic E-state index is 13.9. The zero-order valence-corrected chi connectivity index (χ0v) is 27.0. The number of hydrogen-bond acceptors (Lipinski definition) is 9. The van der Waals surface area contributed by atoms with Crippen LogP contribution in [0.15, 0.2) is 42.5 Å². The summed E-state index contributed by atoms with van der Waals surface area (Å²) in [5.41, 5.74) is 2.86. The van der Waals surface area contributed by atoms with Gasteiger partial charge in [0.15, 0.2) is 23.8 Å². The van der Waals surface area contributed by atoms with Crippen molar-refractivity contribution in [2.75, 3.05) is 46.6 Å². The minimum atomic E-state index is -5.19. The summed E-state index contributed by atoms with van der Waals surface area (Å²) >= 11 is 0. The number of methoxy groups -OCH3 is 1. The van der Waals surface area contributed by atoms with Crippen LogP contribution in [0, 0.1) is 5.41 Å². The number of amides is 2. The fraction of sp³-hybridized carbons (Fsp3) is 0.515. The molecule has 0 saturated carbocycles. The van der Waals surface area contributed by atoms with Gasteiger partial charge in [0.05, 0.1) is 32.5 Å². The quantitative estimate of drug-likeness (QED) is 0.446. The molecule has 1 atom stereocenters. The Morgan fingerprint density at radius 2 is 1.70 bits per heavy atom. The van der Waals surface area contributed by atoms with E-state index in [4.69, 9.17) is 24.1 Å². The van der Waals surface area contributed by atoms with Crippen molar-refractivity contribution in [3.63, 3.8) is 0 Å². The monoisotopic (exact) mass is 662 g/mol. The lowest BCUT2D eigenvalue weighted by Crippen LogP contribution is -2.52. The standard InChI is InChI=1S/C31H41N4O5.C2HF3O2/c1-31(2,3)17-29(36)35(19-22-6-5-7-25(14-22)38-4)24-16-26(30(37)33-12-10-32-11-13-33)34(20-24)18-23-8-9-27-28(15-23)40-21-39-27;3-2(4,5)1(6)7/h5-9,14-15,26,32H,10-13,16-21H2,1-4H3;(H,6,7)/q+1;/p-1/t26-;/m0./s1. The average molecular weight is 663 g/mol. The van der Waals surface area contributed by atoms with Crippen LogP contribution in [0.2, 0.25) is 0 Å². The first kappa shape index (κ1) is 35.7. The SMILES string of the molecule is COc1cccc(C[N+](C(=O)CC(C)(C)C)=C2C[C@@H](C(=O)N3CCNCC3)N(Cc3ccc4c(c3)OCO4)C2)c1.O=C([O-])C(F)(F)F. The molecule has 3 heterocycles. The number of aliphatic carboxylic acids is 1. The van der Waals surface area contributed by atoms with E-state index in [0.29, 0.717) is 45.6 Å². The zero-order chi connectivity index (χ0) is 34.4. The number of likely N-dealkylation sites (tertiary alicyclic amines) is 1. The highest BCUT2D eigenvalue weighted by Crippen LogP contribution is 2.34. The molecule has 0 radical (unpaired) electrons. The first-order chi connectivity index (χ1) is 22.1. The first-order valence-electron chi connectivity index (χ1n) is 15.3. The van der Waals surface area contributed by atoms with E-state index >= 15 is 0 Å². The molecular formula is C33H41F3N4O7. The van der Waals surface area contributed by atoms with Crippen LogP contribution in [0.3, 0.4) is 0 Å². The molecular weight excluding hydrogens is 621 g/mol. The number of alkyl halides is 3. The summed E-state index contributed by atoms with van der Waals surface area (Å²) in [5.74, 6) is -0.583.